The van der Waals surface area contributed by atoms with E-state index in [4.69, 9.17) is 0 Å². The number of carbonyl (C=O) groups is 2. The normalized spacial score (nSPS) is 19.2. The molecule has 0 radical (unpaired) electrons. The van der Waals surface area contributed by atoms with Crippen molar-refractivity contribution in [3.8, 4) is 0 Å². The first-order chi connectivity index (χ1) is 9.22. The van der Waals surface area contributed by atoms with E-state index in [0.717, 1.165) is 10.9 Å². The van der Waals surface area contributed by atoms with Gasteiger partial charge in [-0.1, -0.05) is 0 Å². The van der Waals surface area contributed by atoms with Crippen molar-refractivity contribution < 1.29 is 9.59 Å². The summed E-state index contributed by atoms with van der Waals surface area (Å²) in [5.74, 6) is -0.0384. The van der Waals surface area contributed by atoms with Crippen molar-refractivity contribution in [3.05, 3.63) is 36.0 Å². The van der Waals surface area contributed by atoms with Crippen molar-refractivity contribution in [1.82, 2.24) is 15.6 Å². The van der Waals surface area contributed by atoms with E-state index in [-0.39, 0.29) is 17.9 Å². The van der Waals surface area contributed by atoms with Gasteiger partial charge in [0.25, 0.3) is 5.91 Å². The van der Waals surface area contributed by atoms with E-state index < -0.39 is 0 Å². The molecule has 1 aliphatic rings. The van der Waals surface area contributed by atoms with Gasteiger partial charge < -0.3 is 15.6 Å². The Bertz CT molecular complexity index is 622. The molecule has 2 amide bonds. The smallest absolute Gasteiger partial charge is 0.251 e. The number of H-pyrrole nitrogens is 1. The fourth-order valence-electron chi connectivity index (χ4n) is 2.32. The van der Waals surface area contributed by atoms with E-state index in [1.165, 1.54) is 0 Å². The third-order valence-electron chi connectivity index (χ3n) is 3.42. The van der Waals surface area contributed by atoms with Gasteiger partial charge in [0.05, 0.1) is 0 Å². The molecule has 1 aromatic carbocycles. The highest BCUT2D eigenvalue weighted by atomic mass is 16.2. The quantitative estimate of drug-likeness (QED) is 0.755. The molecule has 0 saturated carbocycles. The second kappa shape index (κ2) is 4.76. The predicted octanol–water partition coefficient (Wildman–Crippen LogP) is 1.18. The molecule has 2 aromatic rings. The Labute approximate surface area is 110 Å². The molecule has 3 N–H and O–H groups in total. The minimum atomic E-state index is -0.0933. The summed E-state index contributed by atoms with van der Waals surface area (Å²) < 4.78 is 0. The van der Waals surface area contributed by atoms with Gasteiger partial charge in [0, 0.05) is 41.7 Å². The van der Waals surface area contributed by atoms with E-state index in [2.05, 4.69) is 15.6 Å². The largest absolute Gasteiger partial charge is 0.361 e. The first-order valence-corrected chi connectivity index (χ1v) is 6.37. The zero-order valence-corrected chi connectivity index (χ0v) is 10.4. The molecule has 5 heteroatoms. The van der Waals surface area contributed by atoms with E-state index in [1.54, 1.807) is 6.07 Å². The SMILES string of the molecule is O=C1CCC(NC(=O)c2ccc3[nH]ccc3c2)CN1. The van der Waals surface area contributed by atoms with Crippen LogP contribution in [0.5, 0.6) is 0 Å². The van der Waals surface area contributed by atoms with Crippen LogP contribution >= 0.6 is 0 Å². The molecular formula is C14H15N3O2. The Kier molecular flexibility index (Phi) is 2.95. The maximum absolute atomic E-state index is 12.1. The predicted molar refractivity (Wildman–Crippen MR) is 71.8 cm³/mol. The fourth-order valence-corrected chi connectivity index (χ4v) is 2.32. The number of hydrogen-bond acceptors (Lipinski definition) is 2. The van der Waals surface area contributed by atoms with Gasteiger partial charge in [-0.25, -0.2) is 0 Å². The second-order valence-electron chi connectivity index (χ2n) is 4.79. The van der Waals surface area contributed by atoms with Gasteiger partial charge in [0.2, 0.25) is 5.91 Å². The van der Waals surface area contributed by atoms with Crippen molar-refractivity contribution in [2.45, 2.75) is 18.9 Å². The second-order valence-corrected chi connectivity index (χ2v) is 4.79. The lowest BCUT2D eigenvalue weighted by molar-refractivity contribution is -0.122. The highest BCUT2D eigenvalue weighted by molar-refractivity contribution is 5.98. The molecule has 0 spiro atoms. The number of piperidine rings is 1. The van der Waals surface area contributed by atoms with Crippen molar-refractivity contribution in [3.63, 3.8) is 0 Å². The molecule has 1 unspecified atom stereocenters. The molecule has 1 aromatic heterocycles. The van der Waals surface area contributed by atoms with Gasteiger partial charge in [0.15, 0.2) is 0 Å². The number of aromatic nitrogens is 1. The van der Waals surface area contributed by atoms with Crippen LogP contribution in [0.1, 0.15) is 23.2 Å². The van der Waals surface area contributed by atoms with Gasteiger partial charge in [-0.2, -0.15) is 0 Å². The Morgan fingerprint density at radius 1 is 1.32 bits per heavy atom. The van der Waals surface area contributed by atoms with Gasteiger partial charge in [-0.3, -0.25) is 9.59 Å². The number of benzene rings is 1. The monoisotopic (exact) mass is 257 g/mol. The van der Waals surface area contributed by atoms with Crippen LogP contribution in [0.4, 0.5) is 0 Å². The van der Waals surface area contributed by atoms with Crippen LogP contribution < -0.4 is 10.6 Å². The topological polar surface area (TPSA) is 74.0 Å². The van der Waals surface area contributed by atoms with Gasteiger partial charge >= 0.3 is 0 Å². The van der Waals surface area contributed by atoms with Crippen molar-refractivity contribution >= 4 is 22.7 Å². The number of fused-ring (bicyclic) bond motifs is 1. The molecule has 98 valence electrons. The Morgan fingerprint density at radius 3 is 3.00 bits per heavy atom. The van der Waals surface area contributed by atoms with Crippen LogP contribution in [-0.4, -0.2) is 29.4 Å². The number of aromatic amines is 1. The van der Waals surface area contributed by atoms with Crippen LogP contribution in [0.2, 0.25) is 0 Å². The van der Waals surface area contributed by atoms with Crippen molar-refractivity contribution in [1.29, 1.82) is 0 Å². The average molecular weight is 257 g/mol. The minimum absolute atomic E-state index is 0.0205. The standard InChI is InChI=1S/C14H15N3O2/c18-13-4-2-11(8-16-13)17-14(19)10-1-3-12-9(7-10)5-6-15-12/h1,3,5-7,11,15H,2,4,8H2,(H,16,18)(H,17,19). The number of amides is 2. The van der Waals surface area contributed by atoms with Crippen LogP contribution in [0.15, 0.2) is 30.5 Å². The summed E-state index contributed by atoms with van der Waals surface area (Å²) in [6.07, 6.45) is 3.02. The van der Waals surface area contributed by atoms with E-state index >= 15 is 0 Å². The van der Waals surface area contributed by atoms with Crippen LogP contribution in [0.3, 0.4) is 0 Å². The molecule has 0 bridgehead atoms. The summed E-state index contributed by atoms with van der Waals surface area (Å²) in [7, 11) is 0. The van der Waals surface area contributed by atoms with Gasteiger partial charge in [-0.15, -0.1) is 0 Å². The van der Waals surface area contributed by atoms with Crippen molar-refractivity contribution in [2.75, 3.05) is 6.54 Å². The van der Waals surface area contributed by atoms with Crippen LogP contribution in [-0.2, 0) is 4.79 Å². The Balaban J connectivity index is 1.71. The van der Waals surface area contributed by atoms with Crippen LogP contribution in [0, 0.1) is 0 Å². The third kappa shape index (κ3) is 2.45. The fraction of sp³-hybridized carbons (Fsp3) is 0.286. The summed E-state index contributed by atoms with van der Waals surface area (Å²) >= 11 is 0. The maximum Gasteiger partial charge on any atom is 0.251 e. The van der Waals surface area contributed by atoms with Crippen molar-refractivity contribution in [2.24, 2.45) is 0 Å². The average Bonchev–Trinajstić information content (AvgIpc) is 2.88. The number of carbonyl (C=O) groups excluding carboxylic acids is 2. The molecule has 2 heterocycles. The molecule has 1 atom stereocenters. The molecule has 1 fully saturated rings. The summed E-state index contributed by atoms with van der Waals surface area (Å²) in [5, 5.41) is 6.72. The van der Waals surface area contributed by atoms with E-state index in [1.807, 2.05) is 24.4 Å². The molecule has 1 saturated heterocycles. The van der Waals surface area contributed by atoms with Crippen LogP contribution in [0.25, 0.3) is 10.9 Å². The minimum Gasteiger partial charge on any atom is -0.361 e. The summed E-state index contributed by atoms with van der Waals surface area (Å²) in [4.78, 5) is 26.3. The molecule has 3 rings (SSSR count). The lowest BCUT2D eigenvalue weighted by atomic mass is 10.1. The third-order valence-corrected chi connectivity index (χ3v) is 3.42. The van der Waals surface area contributed by atoms with Gasteiger partial charge in [0.1, 0.15) is 0 Å². The first kappa shape index (κ1) is 11.8. The summed E-state index contributed by atoms with van der Waals surface area (Å²) in [5.41, 5.74) is 1.66. The molecular weight excluding hydrogens is 242 g/mol. The van der Waals surface area contributed by atoms with Gasteiger partial charge in [-0.05, 0) is 30.7 Å². The maximum atomic E-state index is 12.1. The van der Waals surface area contributed by atoms with E-state index in [9.17, 15) is 9.59 Å². The molecule has 19 heavy (non-hydrogen) atoms. The number of rotatable bonds is 2. The highest BCUT2D eigenvalue weighted by Gasteiger charge is 2.20. The zero-order valence-electron chi connectivity index (χ0n) is 10.4. The molecule has 1 aliphatic heterocycles. The molecule has 5 nitrogen and oxygen atoms in total. The highest BCUT2D eigenvalue weighted by Crippen LogP contribution is 2.14. The summed E-state index contributed by atoms with van der Waals surface area (Å²) in [6, 6.07) is 7.52. The summed E-state index contributed by atoms with van der Waals surface area (Å²) in [6.45, 7) is 0.511. The zero-order chi connectivity index (χ0) is 13.2. The van der Waals surface area contributed by atoms with E-state index in [0.29, 0.717) is 24.9 Å². The first-order valence-electron chi connectivity index (χ1n) is 6.37. The Morgan fingerprint density at radius 2 is 2.21 bits per heavy atom. The molecule has 0 aliphatic carbocycles. The lowest BCUT2D eigenvalue weighted by Gasteiger charge is -2.23. The lowest BCUT2D eigenvalue weighted by Crippen LogP contribution is -2.47. The Hall–Kier alpha value is -2.30. The number of hydrogen-bond donors (Lipinski definition) is 3. The number of nitrogens with one attached hydrogen (secondary N) is 3.